The summed E-state index contributed by atoms with van der Waals surface area (Å²) in [5, 5.41) is 3.70. The molecular weight excluding hydrogens is 364 g/mol. The molecule has 0 radical (unpaired) electrons. The first-order valence-electron chi connectivity index (χ1n) is 8.63. The van der Waals surface area contributed by atoms with Crippen molar-refractivity contribution in [1.29, 1.82) is 0 Å². The number of amides is 2. The molecule has 1 N–H and O–H groups in total. The van der Waals surface area contributed by atoms with Crippen molar-refractivity contribution >= 4 is 34.7 Å². The molecule has 0 atom stereocenters. The van der Waals surface area contributed by atoms with E-state index < -0.39 is 0 Å². The van der Waals surface area contributed by atoms with Crippen LogP contribution in [0.1, 0.15) is 25.0 Å². The second-order valence-corrected chi connectivity index (χ2v) is 7.10. The number of anilines is 1. The van der Waals surface area contributed by atoms with Gasteiger partial charge in [-0.05, 0) is 56.2 Å². The lowest BCUT2D eigenvalue weighted by Crippen LogP contribution is -2.38. The van der Waals surface area contributed by atoms with Crippen molar-refractivity contribution in [3.05, 3.63) is 64.3 Å². The Hall–Kier alpha value is -2.79. The fraction of sp³-hybridized carbons (Fsp3) is 0.238. The molecule has 5 nitrogen and oxygen atoms in total. The highest BCUT2D eigenvalue weighted by atomic mass is 35.5. The zero-order valence-electron chi connectivity index (χ0n) is 15.7. The van der Waals surface area contributed by atoms with Crippen LogP contribution in [-0.4, -0.2) is 29.9 Å². The van der Waals surface area contributed by atoms with Crippen LogP contribution in [0.25, 0.3) is 5.57 Å². The van der Waals surface area contributed by atoms with E-state index in [1.165, 1.54) is 4.90 Å². The van der Waals surface area contributed by atoms with Crippen molar-refractivity contribution in [2.24, 2.45) is 0 Å². The van der Waals surface area contributed by atoms with E-state index in [0.717, 1.165) is 5.56 Å². The molecule has 0 unspecified atom stereocenters. The van der Waals surface area contributed by atoms with E-state index in [9.17, 15) is 9.59 Å². The van der Waals surface area contributed by atoms with Gasteiger partial charge in [0.1, 0.15) is 11.4 Å². The first kappa shape index (κ1) is 19.0. The molecule has 27 heavy (non-hydrogen) atoms. The molecule has 0 saturated heterocycles. The Kier molecular flexibility index (Phi) is 5.24. The van der Waals surface area contributed by atoms with E-state index >= 15 is 0 Å². The molecule has 1 aliphatic heterocycles. The number of imide groups is 1. The number of benzene rings is 2. The maximum absolute atomic E-state index is 13.0. The maximum Gasteiger partial charge on any atom is 0.278 e. The number of ether oxygens (including phenoxy) is 1. The molecule has 0 aromatic heterocycles. The Morgan fingerprint density at radius 1 is 1.04 bits per heavy atom. The first-order chi connectivity index (χ1) is 12.8. The normalized spacial score (nSPS) is 14.4. The second-order valence-electron chi connectivity index (χ2n) is 6.66. The largest absolute Gasteiger partial charge is 0.495 e. The van der Waals surface area contributed by atoms with Gasteiger partial charge in [-0.2, -0.15) is 0 Å². The number of hydrogen-bond donors (Lipinski definition) is 1. The zero-order chi connectivity index (χ0) is 19.7. The van der Waals surface area contributed by atoms with Gasteiger partial charge < -0.3 is 10.1 Å². The first-order valence-corrected chi connectivity index (χ1v) is 9.01. The quantitative estimate of drug-likeness (QED) is 0.782. The standard InChI is InChI=1S/C21H21ClN2O3/c1-12(2)24-20(25)18(14-6-8-15(22)9-7-14)19(21(24)26)23-16-11-13(3)5-10-17(16)27-4/h5-12,23H,1-4H3. The summed E-state index contributed by atoms with van der Waals surface area (Å²) in [5.41, 5.74) is 2.83. The second kappa shape index (κ2) is 7.45. The van der Waals surface area contributed by atoms with Crippen molar-refractivity contribution in [3.63, 3.8) is 0 Å². The minimum absolute atomic E-state index is 0.236. The lowest BCUT2D eigenvalue weighted by atomic mass is 10.0. The van der Waals surface area contributed by atoms with Crippen molar-refractivity contribution in [1.82, 2.24) is 4.90 Å². The van der Waals surface area contributed by atoms with Gasteiger partial charge in [0.25, 0.3) is 11.8 Å². The van der Waals surface area contributed by atoms with Gasteiger partial charge in [0.15, 0.2) is 0 Å². The Labute approximate surface area is 163 Å². The third kappa shape index (κ3) is 3.55. The molecule has 1 aliphatic rings. The molecule has 0 spiro atoms. The van der Waals surface area contributed by atoms with Gasteiger partial charge in [0.2, 0.25) is 0 Å². The van der Waals surface area contributed by atoms with Crippen molar-refractivity contribution in [2.75, 3.05) is 12.4 Å². The minimum atomic E-state index is -0.358. The van der Waals surface area contributed by atoms with Crippen LogP contribution in [0.3, 0.4) is 0 Å². The predicted octanol–water partition coefficient (Wildman–Crippen LogP) is 4.26. The molecule has 0 saturated carbocycles. The highest BCUT2D eigenvalue weighted by Gasteiger charge is 2.40. The van der Waals surface area contributed by atoms with Crippen LogP contribution in [0.4, 0.5) is 5.69 Å². The lowest BCUT2D eigenvalue weighted by molar-refractivity contribution is -0.138. The fourth-order valence-corrected chi connectivity index (χ4v) is 3.20. The number of rotatable bonds is 5. The van der Waals surface area contributed by atoms with E-state index in [2.05, 4.69) is 5.32 Å². The summed E-state index contributed by atoms with van der Waals surface area (Å²) in [4.78, 5) is 27.3. The minimum Gasteiger partial charge on any atom is -0.495 e. The average molecular weight is 385 g/mol. The number of halogens is 1. The zero-order valence-corrected chi connectivity index (χ0v) is 16.4. The summed E-state index contributed by atoms with van der Waals surface area (Å²) in [6.07, 6.45) is 0. The highest BCUT2D eigenvalue weighted by molar-refractivity contribution is 6.37. The van der Waals surface area contributed by atoms with Gasteiger partial charge in [-0.25, -0.2) is 0 Å². The summed E-state index contributed by atoms with van der Waals surface area (Å²) in [6, 6.07) is 12.2. The van der Waals surface area contributed by atoms with Gasteiger partial charge in [-0.15, -0.1) is 0 Å². The number of carbonyl (C=O) groups excluding carboxylic acids is 2. The molecular formula is C21H21ClN2O3. The van der Waals surface area contributed by atoms with Crippen LogP contribution >= 0.6 is 11.6 Å². The molecule has 140 valence electrons. The number of methoxy groups -OCH3 is 1. The van der Waals surface area contributed by atoms with Gasteiger partial charge >= 0.3 is 0 Å². The predicted molar refractivity (Wildman–Crippen MR) is 107 cm³/mol. The monoisotopic (exact) mass is 384 g/mol. The van der Waals surface area contributed by atoms with Crippen LogP contribution in [0.2, 0.25) is 5.02 Å². The van der Waals surface area contributed by atoms with Crippen LogP contribution < -0.4 is 10.1 Å². The fourth-order valence-electron chi connectivity index (χ4n) is 3.07. The van der Waals surface area contributed by atoms with Crippen molar-refractivity contribution in [2.45, 2.75) is 26.8 Å². The summed E-state index contributed by atoms with van der Waals surface area (Å²) >= 11 is 5.98. The molecule has 6 heteroatoms. The molecule has 2 aromatic rings. The summed E-state index contributed by atoms with van der Waals surface area (Å²) < 4.78 is 5.39. The molecule has 0 fully saturated rings. The average Bonchev–Trinajstić information content (AvgIpc) is 2.86. The number of nitrogens with zero attached hydrogens (tertiary/aromatic N) is 1. The Morgan fingerprint density at radius 3 is 2.30 bits per heavy atom. The van der Waals surface area contributed by atoms with Crippen LogP contribution in [0.15, 0.2) is 48.2 Å². The van der Waals surface area contributed by atoms with Gasteiger partial charge in [-0.1, -0.05) is 29.8 Å². The number of carbonyl (C=O) groups is 2. The Balaban J connectivity index is 2.14. The topological polar surface area (TPSA) is 58.6 Å². The van der Waals surface area contributed by atoms with Crippen LogP contribution in [-0.2, 0) is 9.59 Å². The molecule has 0 bridgehead atoms. The number of nitrogens with one attached hydrogen (secondary N) is 1. The molecule has 2 amide bonds. The molecule has 1 heterocycles. The number of hydrogen-bond acceptors (Lipinski definition) is 4. The SMILES string of the molecule is COc1ccc(C)cc1NC1=C(c2ccc(Cl)cc2)C(=O)N(C(C)C)C1=O. The maximum atomic E-state index is 13.0. The number of aryl methyl sites for hydroxylation is 1. The smallest absolute Gasteiger partial charge is 0.278 e. The van der Waals surface area contributed by atoms with E-state index in [1.807, 2.05) is 39.0 Å². The van der Waals surface area contributed by atoms with E-state index in [-0.39, 0.29) is 23.6 Å². The Morgan fingerprint density at radius 2 is 1.70 bits per heavy atom. The van der Waals surface area contributed by atoms with Gasteiger partial charge in [0.05, 0.1) is 18.4 Å². The lowest BCUT2D eigenvalue weighted by Gasteiger charge is -2.19. The van der Waals surface area contributed by atoms with Crippen molar-refractivity contribution < 1.29 is 14.3 Å². The van der Waals surface area contributed by atoms with E-state index in [0.29, 0.717) is 27.6 Å². The van der Waals surface area contributed by atoms with Crippen LogP contribution in [0.5, 0.6) is 5.75 Å². The summed E-state index contributed by atoms with van der Waals surface area (Å²) in [6.45, 7) is 5.57. The van der Waals surface area contributed by atoms with Gasteiger partial charge in [0, 0.05) is 11.1 Å². The third-order valence-corrected chi connectivity index (χ3v) is 4.63. The summed E-state index contributed by atoms with van der Waals surface area (Å²) in [7, 11) is 1.56. The van der Waals surface area contributed by atoms with E-state index in [1.54, 1.807) is 31.4 Å². The summed E-state index contributed by atoms with van der Waals surface area (Å²) in [5.74, 6) is -0.0956. The molecule has 2 aromatic carbocycles. The van der Waals surface area contributed by atoms with Gasteiger partial charge in [-0.3, -0.25) is 14.5 Å². The van der Waals surface area contributed by atoms with Crippen LogP contribution in [0, 0.1) is 6.92 Å². The molecule has 0 aliphatic carbocycles. The Bertz CT molecular complexity index is 933. The molecule has 3 rings (SSSR count). The third-order valence-electron chi connectivity index (χ3n) is 4.38. The highest BCUT2D eigenvalue weighted by Crippen LogP contribution is 2.34. The van der Waals surface area contributed by atoms with Crippen molar-refractivity contribution in [3.8, 4) is 5.75 Å². The van der Waals surface area contributed by atoms with E-state index in [4.69, 9.17) is 16.3 Å².